The number of halogens is 2. The third kappa shape index (κ3) is 4.48. The van der Waals surface area contributed by atoms with Crippen LogP contribution >= 0.6 is 27.5 Å². The fourth-order valence-electron chi connectivity index (χ4n) is 1.37. The summed E-state index contributed by atoms with van der Waals surface area (Å²) >= 11 is 8.82. The van der Waals surface area contributed by atoms with Gasteiger partial charge in [0.25, 0.3) is 0 Å². The SMILES string of the molecule is COC(=O)Cc1ccc(Br)c(CC(=O)CCl)c1. The van der Waals surface area contributed by atoms with Crippen molar-refractivity contribution in [3.05, 3.63) is 33.8 Å². The van der Waals surface area contributed by atoms with E-state index < -0.39 is 0 Å². The van der Waals surface area contributed by atoms with E-state index in [1.807, 2.05) is 18.2 Å². The molecule has 0 bridgehead atoms. The van der Waals surface area contributed by atoms with Crippen LogP contribution in [0.1, 0.15) is 11.1 Å². The van der Waals surface area contributed by atoms with E-state index >= 15 is 0 Å². The smallest absolute Gasteiger partial charge is 0.309 e. The van der Waals surface area contributed by atoms with Crippen molar-refractivity contribution in [3.8, 4) is 0 Å². The van der Waals surface area contributed by atoms with Gasteiger partial charge in [-0.3, -0.25) is 9.59 Å². The number of hydrogen-bond acceptors (Lipinski definition) is 3. The summed E-state index contributed by atoms with van der Waals surface area (Å²) < 4.78 is 5.43. The second-order valence-corrected chi connectivity index (χ2v) is 4.65. The maximum absolute atomic E-state index is 11.3. The number of ether oxygens (including phenoxy) is 1. The van der Waals surface area contributed by atoms with E-state index in [2.05, 4.69) is 20.7 Å². The Morgan fingerprint density at radius 3 is 2.65 bits per heavy atom. The molecule has 0 aliphatic heterocycles. The summed E-state index contributed by atoms with van der Waals surface area (Å²) in [4.78, 5) is 22.4. The average Bonchev–Trinajstić information content (AvgIpc) is 2.33. The molecule has 0 spiro atoms. The molecule has 0 aromatic heterocycles. The fourth-order valence-corrected chi connectivity index (χ4v) is 1.85. The minimum Gasteiger partial charge on any atom is -0.469 e. The number of rotatable bonds is 5. The molecule has 92 valence electrons. The van der Waals surface area contributed by atoms with Crippen LogP contribution in [0.3, 0.4) is 0 Å². The fraction of sp³-hybridized carbons (Fsp3) is 0.333. The third-order valence-electron chi connectivity index (χ3n) is 2.22. The van der Waals surface area contributed by atoms with Gasteiger partial charge in [0.15, 0.2) is 5.78 Å². The number of ketones is 1. The zero-order valence-electron chi connectivity index (χ0n) is 9.33. The number of carbonyl (C=O) groups excluding carboxylic acids is 2. The summed E-state index contributed by atoms with van der Waals surface area (Å²) in [6.07, 6.45) is 0.463. The van der Waals surface area contributed by atoms with Crippen molar-refractivity contribution in [2.24, 2.45) is 0 Å². The summed E-state index contributed by atoms with van der Waals surface area (Å²) in [5, 5.41) is 0. The van der Waals surface area contributed by atoms with Crippen molar-refractivity contribution in [2.45, 2.75) is 12.8 Å². The van der Waals surface area contributed by atoms with Gasteiger partial charge in [0.1, 0.15) is 0 Å². The van der Waals surface area contributed by atoms with Gasteiger partial charge in [-0.25, -0.2) is 0 Å². The molecule has 0 atom stereocenters. The van der Waals surface area contributed by atoms with Gasteiger partial charge in [0.05, 0.1) is 19.4 Å². The normalized spacial score (nSPS) is 10.1. The minimum absolute atomic E-state index is 0.00628. The maximum Gasteiger partial charge on any atom is 0.309 e. The molecular weight excluding hydrogens is 307 g/mol. The van der Waals surface area contributed by atoms with Gasteiger partial charge in [-0.15, -0.1) is 11.6 Å². The molecule has 3 nitrogen and oxygen atoms in total. The molecule has 0 heterocycles. The van der Waals surface area contributed by atoms with Gasteiger partial charge in [-0.1, -0.05) is 28.1 Å². The number of esters is 1. The molecule has 5 heteroatoms. The Morgan fingerprint density at radius 1 is 1.35 bits per heavy atom. The van der Waals surface area contributed by atoms with Crippen LogP contribution in [0.15, 0.2) is 22.7 Å². The number of benzene rings is 1. The van der Waals surface area contributed by atoms with Crippen molar-refractivity contribution in [2.75, 3.05) is 13.0 Å². The highest BCUT2D eigenvalue weighted by Gasteiger charge is 2.09. The lowest BCUT2D eigenvalue weighted by molar-refractivity contribution is -0.139. The lowest BCUT2D eigenvalue weighted by Gasteiger charge is -2.06. The van der Waals surface area contributed by atoms with E-state index in [0.717, 1.165) is 15.6 Å². The van der Waals surface area contributed by atoms with Gasteiger partial charge in [-0.2, -0.15) is 0 Å². The van der Waals surface area contributed by atoms with E-state index in [1.54, 1.807) is 0 Å². The van der Waals surface area contributed by atoms with Gasteiger partial charge in [-0.05, 0) is 17.2 Å². The zero-order valence-corrected chi connectivity index (χ0v) is 11.7. The van der Waals surface area contributed by atoms with Crippen LogP contribution in [-0.4, -0.2) is 24.7 Å². The summed E-state index contributed by atoms with van der Waals surface area (Å²) in [7, 11) is 1.35. The highest BCUT2D eigenvalue weighted by molar-refractivity contribution is 9.10. The molecule has 0 amide bonds. The number of alkyl halides is 1. The molecule has 1 aromatic carbocycles. The highest BCUT2D eigenvalue weighted by atomic mass is 79.9. The van der Waals surface area contributed by atoms with Crippen LogP contribution < -0.4 is 0 Å². The number of hydrogen-bond donors (Lipinski definition) is 0. The molecule has 0 fully saturated rings. The number of Topliss-reactive ketones (excluding diaryl/α,β-unsaturated/α-hetero) is 1. The van der Waals surface area contributed by atoms with Crippen LogP contribution in [0, 0.1) is 0 Å². The predicted molar refractivity (Wildman–Crippen MR) is 69.3 cm³/mol. The second kappa shape index (κ2) is 6.77. The lowest BCUT2D eigenvalue weighted by Crippen LogP contribution is -2.07. The van der Waals surface area contributed by atoms with Crippen LogP contribution in [-0.2, 0) is 27.2 Å². The first-order valence-electron chi connectivity index (χ1n) is 4.98. The third-order valence-corrected chi connectivity index (χ3v) is 3.29. The summed E-state index contributed by atoms with van der Waals surface area (Å²) in [6, 6.07) is 5.44. The molecule has 0 aliphatic carbocycles. The van der Waals surface area contributed by atoms with Crippen molar-refractivity contribution in [1.29, 1.82) is 0 Å². The van der Waals surface area contributed by atoms with Gasteiger partial charge < -0.3 is 4.74 Å². The molecule has 1 rings (SSSR count). The topological polar surface area (TPSA) is 43.4 Å². The van der Waals surface area contributed by atoms with Gasteiger partial charge in [0.2, 0.25) is 0 Å². The van der Waals surface area contributed by atoms with Gasteiger partial charge in [0, 0.05) is 10.9 Å². The Hall–Kier alpha value is -0.870. The summed E-state index contributed by atoms with van der Waals surface area (Å²) in [5.74, 6) is -0.363. The van der Waals surface area contributed by atoms with Gasteiger partial charge >= 0.3 is 5.97 Å². The van der Waals surface area contributed by atoms with Crippen LogP contribution in [0.25, 0.3) is 0 Å². The minimum atomic E-state index is -0.304. The van der Waals surface area contributed by atoms with Crippen LogP contribution in [0.2, 0.25) is 0 Å². The van der Waals surface area contributed by atoms with Crippen molar-refractivity contribution < 1.29 is 14.3 Å². The quantitative estimate of drug-likeness (QED) is 0.619. The Morgan fingerprint density at radius 2 is 2.06 bits per heavy atom. The Labute approximate surface area is 113 Å². The first kappa shape index (κ1) is 14.2. The van der Waals surface area contributed by atoms with E-state index in [1.165, 1.54) is 7.11 Å². The Bertz CT molecular complexity index is 432. The van der Waals surface area contributed by atoms with Crippen molar-refractivity contribution in [3.63, 3.8) is 0 Å². The van der Waals surface area contributed by atoms with Crippen LogP contribution in [0.4, 0.5) is 0 Å². The highest BCUT2D eigenvalue weighted by Crippen LogP contribution is 2.20. The van der Waals surface area contributed by atoms with Crippen molar-refractivity contribution >= 4 is 39.3 Å². The number of carbonyl (C=O) groups is 2. The second-order valence-electron chi connectivity index (χ2n) is 3.53. The molecule has 0 unspecified atom stereocenters. The van der Waals surface area contributed by atoms with Crippen molar-refractivity contribution in [1.82, 2.24) is 0 Å². The van der Waals surface area contributed by atoms with E-state index in [9.17, 15) is 9.59 Å². The summed E-state index contributed by atoms with van der Waals surface area (Å²) in [5.41, 5.74) is 1.65. The maximum atomic E-state index is 11.3. The first-order valence-corrected chi connectivity index (χ1v) is 6.31. The molecule has 0 saturated heterocycles. The van der Waals surface area contributed by atoms with E-state index in [4.69, 9.17) is 11.6 Å². The standard InChI is InChI=1S/C12H12BrClO3/c1-17-12(16)5-8-2-3-11(13)9(4-8)6-10(15)7-14/h2-4H,5-7H2,1H3. The van der Waals surface area contributed by atoms with E-state index in [0.29, 0.717) is 0 Å². The zero-order chi connectivity index (χ0) is 12.8. The number of methoxy groups -OCH3 is 1. The van der Waals surface area contributed by atoms with Crippen LogP contribution in [0.5, 0.6) is 0 Å². The summed E-state index contributed by atoms with van der Waals surface area (Å²) in [6.45, 7) is 0. The predicted octanol–water partition coefficient (Wildman–Crippen LogP) is 2.52. The molecule has 1 aromatic rings. The lowest BCUT2D eigenvalue weighted by atomic mass is 10.0. The Balaban J connectivity index is 2.86. The largest absolute Gasteiger partial charge is 0.469 e. The molecular formula is C12H12BrClO3. The molecule has 0 saturated carbocycles. The first-order chi connectivity index (χ1) is 8.06. The monoisotopic (exact) mass is 318 g/mol. The molecule has 0 N–H and O–H groups in total. The average molecular weight is 320 g/mol. The molecule has 0 radical (unpaired) electrons. The Kier molecular flexibility index (Phi) is 5.65. The van der Waals surface area contributed by atoms with E-state index in [-0.39, 0.29) is 30.5 Å². The molecule has 0 aliphatic rings. The molecule has 17 heavy (non-hydrogen) atoms.